The van der Waals surface area contributed by atoms with Gasteiger partial charge in [-0.05, 0) is 36.5 Å². The summed E-state index contributed by atoms with van der Waals surface area (Å²) in [4.78, 5) is 11.3. The smallest absolute Gasteiger partial charge is 0.266 e. The van der Waals surface area contributed by atoms with Gasteiger partial charge in [0.25, 0.3) is 6.08 Å². The van der Waals surface area contributed by atoms with Gasteiger partial charge in [0, 0.05) is 24.7 Å². The predicted molar refractivity (Wildman–Crippen MR) is 85.8 cm³/mol. The van der Waals surface area contributed by atoms with Gasteiger partial charge in [0.05, 0.1) is 13.2 Å². The second-order valence-corrected chi connectivity index (χ2v) is 6.55. The summed E-state index contributed by atoms with van der Waals surface area (Å²) in [5.74, 6) is 0.810. The highest BCUT2D eigenvalue weighted by atomic mass is 19.3. The number of ether oxygens (including phenoxy) is 2. The van der Waals surface area contributed by atoms with Crippen LogP contribution in [0.15, 0.2) is 36.4 Å². The average molecular weight is 336 g/mol. The second kappa shape index (κ2) is 7.99. The van der Waals surface area contributed by atoms with Crippen molar-refractivity contribution < 1.29 is 23.0 Å². The van der Waals surface area contributed by atoms with Gasteiger partial charge in [-0.25, -0.2) is 0 Å². The van der Waals surface area contributed by atoms with Crippen molar-refractivity contribution in [1.29, 1.82) is 0 Å². The van der Waals surface area contributed by atoms with Crippen LogP contribution in [0.3, 0.4) is 0 Å². The minimum Gasteiger partial charge on any atom is -0.352 e. The Kier molecular flexibility index (Phi) is 5.74. The maximum atomic E-state index is 12.1. The Labute approximate surface area is 140 Å². The maximum absolute atomic E-state index is 12.1. The summed E-state index contributed by atoms with van der Waals surface area (Å²) in [5.41, 5.74) is 1.95. The molecule has 1 saturated heterocycles. The van der Waals surface area contributed by atoms with Gasteiger partial charge in [-0.3, -0.25) is 4.79 Å². The molecule has 0 bridgehead atoms. The molecule has 1 heterocycles. The molecule has 0 spiro atoms. The number of hydrogen-bond donors (Lipinski definition) is 0. The van der Waals surface area contributed by atoms with E-state index in [2.05, 4.69) is 0 Å². The van der Waals surface area contributed by atoms with Gasteiger partial charge in [-0.15, -0.1) is 0 Å². The van der Waals surface area contributed by atoms with Crippen LogP contribution in [0, 0.1) is 5.92 Å². The molecule has 1 saturated carbocycles. The van der Waals surface area contributed by atoms with E-state index in [0.717, 1.165) is 30.0 Å². The Morgan fingerprint density at radius 1 is 1.08 bits per heavy atom. The Hall–Kier alpha value is -1.59. The number of allylic oxidation sites excluding steroid dienone is 1. The zero-order chi connectivity index (χ0) is 16.9. The van der Waals surface area contributed by atoms with Gasteiger partial charge in [-0.2, -0.15) is 8.78 Å². The van der Waals surface area contributed by atoms with E-state index in [1.807, 2.05) is 24.3 Å². The molecule has 0 unspecified atom stereocenters. The van der Waals surface area contributed by atoms with Crippen LogP contribution in [0.4, 0.5) is 8.78 Å². The minimum absolute atomic E-state index is 0.161. The third kappa shape index (κ3) is 4.48. The highest BCUT2D eigenvalue weighted by molar-refractivity contribution is 5.79. The molecule has 3 nitrogen and oxygen atoms in total. The molecule has 2 aliphatic rings. The van der Waals surface area contributed by atoms with Crippen molar-refractivity contribution in [3.63, 3.8) is 0 Å². The zero-order valence-corrected chi connectivity index (χ0v) is 13.5. The number of hydrogen-bond acceptors (Lipinski definition) is 3. The average Bonchev–Trinajstić information content (AvgIpc) is 2.61. The molecule has 0 amide bonds. The van der Waals surface area contributed by atoms with Crippen LogP contribution in [0.25, 0.3) is 0 Å². The first-order chi connectivity index (χ1) is 11.6. The number of halogens is 2. The van der Waals surface area contributed by atoms with Gasteiger partial charge in [0.2, 0.25) is 0 Å². The Bertz CT molecular complexity index is 575. The number of rotatable bonds is 4. The molecule has 1 aromatic carbocycles. The summed E-state index contributed by atoms with van der Waals surface area (Å²) in [6.07, 6.45) is 2.27. The van der Waals surface area contributed by atoms with Crippen LogP contribution in [-0.4, -0.2) is 25.3 Å². The fraction of sp³-hybridized carbons (Fsp3) is 0.526. The van der Waals surface area contributed by atoms with Crippen LogP contribution < -0.4 is 0 Å². The fourth-order valence-electron chi connectivity index (χ4n) is 3.34. The minimum atomic E-state index is -1.65. The van der Waals surface area contributed by atoms with E-state index in [0.29, 0.717) is 37.8 Å². The number of carbonyl (C=O) groups excluding carboxylic acids is 1. The maximum Gasteiger partial charge on any atom is 0.266 e. The van der Waals surface area contributed by atoms with E-state index < -0.39 is 6.08 Å². The van der Waals surface area contributed by atoms with E-state index in [-0.39, 0.29) is 18.6 Å². The van der Waals surface area contributed by atoms with Crippen LogP contribution >= 0.6 is 0 Å². The molecule has 0 radical (unpaired) electrons. The monoisotopic (exact) mass is 336 g/mol. The number of Topliss-reactive ketones (excluding diaryl/α,β-unsaturated/α-hetero) is 1. The molecule has 24 heavy (non-hydrogen) atoms. The first-order valence-corrected chi connectivity index (χ1v) is 8.46. The van der Waals surface area contributed by atoms with Gasteiger partial charge in [-0.1, -0.05) is 24.3 Å². The Morgan fingerprint density at radius 3 is 2.29 bits per heavy atom. The predicted octanol–water partition coefficient (Wildman–Crippen LogP) is 4.23. The lowest BCUT2D eigenvalue weighted by molar-refractivity contribution is -0.216. The van der Waals surface area contributed by atoms with Crippen molar-refractivity contribution in [1.82, 2.24) is 0 Å². The topological polar surface area (TPSA) is 35.5 Å². The highest BCUT2D eigenvalue weighted by Gasteiger charge is 2.32. The summed E-state index contributed by atoms with van der Waals surface area (Å²) >= 11 is 0. The van der Waals surface area contributed by atoms with Gasteiger partial charge in [0.15, 0.2) is 6.29 Å². The summed E-state index contributed by atoms with van der Waals surface area (Å²) in [6.45, 7) is 1.18. The second-order valence-electron chi connectivity index (χ2n) is 6.55. The van der Waals surface area contributed by atoms with E-state index in [9.17, 15) is 13.6 Å². The van der Waals surface area contributed by atoms with Gasteiger partial charge >= 0.3 is 0 Å². The van der Waals surface area contributed by atoms with Crippen LogP contribution in [-0.2, 0) is 20.7 Å². The number of benzene rings is 1. The molecular formula is C19H22F2O3. The lowest BCUT2D eigenvalue weighted by atomic mass is 9.87. The van der Waals surface area contributed by atoms with Gasteiger partial charge < -0.3 is 9.47 Å². The van der Waals surface area contributed by atoms with Crippen molar-refractivity contribution in [2.24, 2.45) is 5.92 Å². The molecule has 0 atom stereocenters. The van der Waals surface area contributed by atoms with Crippen molar-refractivity contribution >= 4 is 5.78 Å². The summed E-state index contributed by atoms with van der Waals surface area (Å²) < 4.78 is 36.0. The number of ketones is 1. The van der Waals surface area contributed by atoms with Crippen LogP contribution in [0.1, 0.15) is 42.7 Å². The summed E-state index contributed by atoms with van der Waals surface area (Å²) in [6, 6.07) is 7.65. The zero-order valence-electron chi connectivity index (χ0n) is 13.5. The van der Waals surface area contributed by atoms with Crippen LogP contribution in [0.5, 0.6) is 0 Å². The molecular weight excluding hydrogens is 314 g/mol. The molecule has 2 fully saturated rings. The molecule has 1 aliphatic carbocycles. The SMILES string of the molecule is O=C1CCC(C2OCC(c3ccc(CC=C(F)F)cc3)CO2)CC1. The first-order valence-electron chi connectivity index (χ1n) is 8.46. The Balaban J connectivity index is 1.51. The van der Waals surface area contributed by atoms with E-state index >= 15 is 0 Å². The van der Waals surface area contributed by atoms with Crippen LogP contribution in [0.2, 0.25) is 0 Å². The van der Waals surface area contributed by atoms with Gasteiger partial charge in [0.1, 0.15) is 5.78 Å². The summed E-state index contributed by atoms with van der Waals surface area (Å²) in [5, 5.41) is 0. The third-order valence-electron chi connectivity index (χ3n) is 4.84. The standard InChI is InChI=1S/C19H22F2O3/c20-18(21)10-3-13-1-4-14(5-2-13)16-11-23-19(24-12-16)15-6-8-17(22)9-7-15/h1-2,4-5,10,15-16,19H,3,6-9,11-12H2. The molecule has 5 heteroatoms. The quantitative estimate of drug-likeness (QED) is 0.825. The molecule has 1 aliphatic heterocycles. The molecule has 130 valence electrons. The third-order valence-corrected chi connectivity index (χ3v) is 4.84. The highest BCUT2D eigenvalue weighted by Crippen LogP contribution is 2.31. The molecule has 1 aromatic rings. The van der Waals surface area contributed by atoms with Crippen molar-refractivity contribution in [3.05, 3.63) is 47.5 Å². The normalized spacial score (nSPS) is 25.5. The lowest BCUT2D eigenvalue weighted by Crippen LogP contribution is -2.37. The number of carbonyl (C=O) groups is 1. The van der Waals surface area contributed by atoms with Crippen molar-refractivity contribution in [3.8, 4) is 0 Å². The largest absolute Gasteiger partial charge is 0.352 e. The van der Waals surface area contributed by atoms with E-state index in [4.69, 9.17) is 9.47 Å². The van der Waals surface area contributed by atoms with Crippen molar-refractivity contribution in [2.45, 2.75) is 44.3 Å². The van der Waals surface area contributed by atoms with E-state index in [1.165, 1.54) is 0 Å². The van der Waals surface area contributed by atoms with Crippen molar-refractivity contribution in [2.75, 3.05) is 13.2 Å². The first kappa shape index (κ1) is 17.2. The Morgan fingerprint density at radius 2 is 1.71 bits per heavy atom. The van der Waals surface area contributed by atoms with E-state index in [1.54, 1.807) is 0 Å². The summed E-state index contributed by atoms with van der Waals surface area (Å²) in [7, 11) is 0. The fourth-order valence-corrected chi connectivity index (χ4v) is 3.34. The molecule has 0 aromatic heterocycles. The molecule has 3 rings (SSSR count). The molecule has 0 N–H and O–H groups in total. The lowest BCUT2D eigenvalue weighted by Gasteiger charge is -2.35.